The number of hydrogen-bond donors (Lipinski definition) is 0. The van der Waals surface area contributed by atoms with Gasteiger partial charge in [0.25, 0.3) is 0 Å². The first kappa shape index (κ1) is 8.78. The van der Waals surface area contributed by atoms with E-state index in [0.29, 0.717) is 11.1 Å². The molecule has 0 fully saturated rings. The predicted octanol–water partition coefficient (Wildman–Crippen LogP) is 3.76. The van der Waals surface area contributed by atoms with Gasteiger partial charge in [0.2, 0.25) is 11.1 Å². The minimum atomic E-state index is 0.304. The molecule has 0 N–H and O–H groups in total. The summed E-state index contributed by atoms with van der Waals surface area (Å²) in [5, 5.41) is 0.304. The van der Waals surface area contributed by atoms with Crippen molar-refractivity contribution < 1.29 is 4.42 Å². The molecule has 0 aliphatic carbocycles. The molecule has 0 radical (unpaired) electrons. The molecule has 0 amide bonds. The minimum Gasteiger partial charge on any atom is -0.425 e. The Morgan fingerprint density at radius 3 is 2.46 bits per heavy atom. The highest BCUT2D eigenvalue weighted by Gasteiger charge is 2.03. The Balaban J connectivity index is 2.41. The van der Waals surface area contributed by atoms with E-state index in [2.05, 4.69) is 20.9 Å². The van der Waals surface area contributed by atoms with E-state index in [1.807, 2.05) is 24.3 Å². The van der Waals surface area contributed by atoms with Crippen LogP contribution in [0, 0.1) is 0 Å². The molecule has 1 aromatic heterocycles. The molecule has 0 atom stereocenters. The second-order valence-corrected chi connectivity index (χ2v) is 3.76. The maximum Gasteiger partial charge on any atom is 0.228 e. The van der Waals surface area contributed by atoms with Crippen LogP contribution in [-0.2, 0) is 0 Å². The fourth-order valence-electron chi connectivity index (χ4n) is 0.980. The van der Waals surface area contributed by atoms with Gasteiger partial charge in [-0.25, -0.2) is 4.98 Å². The molecule has 13 heavy (non-hydrogen) atoms. The topological polar surface area (TPSA) is 26.0 Å². The van der Waals surface area contributed by atoms with Crippen LogP contribution in [0.2, 0.25) is 5.22 Å². The van der Waals surface area contributed by atoms with Gasteiger partial charge in [-0.1, -0.05) is 15.9 Å². The van der Waals surface area contributed by atoms with Crippen molar-refractivity contribution in [2.75, 3.05) is 0 Å². The highest BCUT2D eigenvalue weighted by atomic mass is 79.9. The lowest BCUT2D eigenvalue weighted by Crippen LogP contribution is -1.74. The molecule has 0 saturated carbocycles. The molecule has 0 aliphatic rings. The van der Waals surface area contributed by atoms with E-state index in [4.69, 9.17) is 16.0 Å². The largest absolute Gasteiger partial charge is 0.425 e. The fourth-order valence-corrected chi connectivity index (χ4v) is 1.37. The molecule has 1 aromatic carbocycles. The van der Waals surface area contributed by atoms with E-state index in [9.17, 15) is 0 Å². The summed E-state index contributed by atoms with van der Waals surface area (Å²) in [6.45, 7) is 0. The van der Waals surface area contributed by atoms with Crippen LogP contribution in [0.4, 0.5) is 0 Å². The van der Waals surface area contributed by atoms with Crippen LogP contribution in [0.15, 0.2) is 39.4 Å². The smallest absolute Gasteiger partial charge is 0.228 e. The van der Waals surface area contributed by atoms with Crippen LogP contribution in [0.25, 0.3) is 11.5 Å². The highest BCUT2D eigenvalue weighted by Crippen LogP contribution is 2.22. The van der Waals surface area contributed by atoms with Gasteiger partial charge in [-0.15, -0.1) is 0 Å². The Kier molecular flexibility index (Phi) is 2.38. The number of halogens is 2. The van der Waals surface area contributed by atoms with Crippen molar-refractivity contribution in [2.45, 2.75) is 0 Å². The second kappa shape index (κ2) is 3.52. The lowest BCUT2D eigenvalue weighted by molar-refractivity contribution is 0.576. The van der Waals surface area contributed by atoms with E-state index in [-0.39, 0.29) is 0 Å². The average molecular weight is 259 g/mol. The van der Waals surface area contributed by atoms with Crippen LogP contribution in [0.5, 0.6) is 0 Å². The zero-order valence-electron chi connectivity index (χ0n) is 6.50. The Morgan fingerprint density at radius 2 is 1.92 bits per heavy atom. The quantitative estimate of drug-likeness (QED) is 0.778. The Hall–Kier alpha value is -0.800. The second-order valence-electron chi connectivity index (χ2n) is 2.48. The Bertz CT molecular complexity index is 410. The molecule has 0 unspecified atom stereocenters. The predicted molar refractivity (Wildman–Crippen MR) is 54.6 cm³/mol. The Labute approximate surface area is 88.7 Å². The van der Waals surface area contributed by atoms with E-state index in [1.54, 1.807) is 0 Å². The number of oxazole rings is 1. The van der Waals surface area contributed by atoms with E-state index >= 15 is 0 Å². The molecule has 4 heteroatoms. The number of hydrogen-bond acceptors (Lipinski definition) is 2. The SMILES string of the molecule is Clc1cnc(-c2ccc(Br)cc2)o1. The van der Waals surface area contributed by atoms with Gasteiger partial charge in [0.1, 0.15) is 0 Å². The van der Waals surface area contributed by atoms with E-state index < -0.39 is 0 Å². The summed E-state index contributed by atoms with van der Waals surface area (Å²) in [7, 11) is 0. The normalized spacial score (nSPS) is 10.3. The standard InChI is InChI=1S/C9H5BrClNO/c10-7-3-1-6(2-4-7)9-12-5-8(11)13-9/h1-5H. The maximum absolute atomic E-state index is 5.60. The van der Waals surface area contributed by atoms with Crippen LogP contribution < -0.4 is 0 Å². The summed E-state index contributed by atoms with van der Waals surface area (Å²) in [5.74, 6) is 0.539. The molecular formula is C9H5BrClNO. The van der Waals surface area contributed by atoms with Crippen molar-refractivity contribution in [3.63, 3.8) is 0 Å². The summed E-state index contributed by atoms with van der Waals surface area (Å²) in [5.41, 5.74) is 0.912. The summed E-state index contributed by atoms with van der Waals surface area (Å²) in [6.07, 6.45) is 1.49. The van der Waals surface area contributed by atoms with Crippen molar-refractivity contribution >= 4 is 27.5 Å². The molecule has 1 heterocycles. The van der Waals surface area contributed by atoms with Gasteiger partial charge in [0.05, 0.1) is 6.20 Å². The van der Waals surface area contributed by atoms with Crippen molar-refractivity contribution in [2.24, 2.45) is 0 Å². The van der Waals surface area contributed by atoms with Gasteiger partial charge in [0, 0.05) is 10.0 Å². The van der Waals surface area contributed by atoms with E-state index in [0.717, 1.165) is 10.0 Å². The van der Waals surface area contributed by atoms with Gasteiger partial charge in [0.15, 0.2) is 0 Å². The molecule has 66 valence electrons. The van der Waals surface area contributed by atoms with Gasteiger partial charge in [-0.05, 0) is 35.9 Å². The number of benzene rings is 1. The molecule has 0 bridgehead atoms. The summed E-state index contributed by atoms with van der Waals surface area (Å²) < 4.78 is 6.17. The van der Waals surface area contributed by atoms with Crippen molar-refractivity contribution in [1.82, 2.24) is 4.98 Å². The third-order valence-electron chi connectivity index (χ3n) is 1.57. The van der Waals surface area contributed by atoms with Crippen LogP contribution in [0.1, 0.15) is 0 Å². The lowest BCUT2D eigenvalue weighted by Gasteiger charge is -1.94. The molecule has 2 rings (SSSR count). The summed E-state index contributed by atoms with van der Waals surface area (Å²) in [6, 6.07) is 7.67. The van der Waals surface area contributed by atoms with Gasteiger partial charge < -0.3 is 4.42 Å². The molecular weight excluding hydrogens is 253 g/mol. The highest BCUT2D eigenvalue weighted by molar-refractivity contribution is 9.10. The first-order valence-electron chi connectivity index (χ1n) is 3.63. The third-order valence-corrected chi connectivity index (χ3v) is 2.27. The zero-order valence-corrected chi connectivity index (χ0v) is 8.84. The maximum atomic E-state index is 5.60. The lowest BCUT2D eigenvalue weighted by atomic mass is 10.2. The summed E-state index contributed by atoms with van der Waals surface area (Å²) >= 11 is 8.95. The van der Waals surface area contributed by atoms with E-state index in [1.165, 1.54) is 6.20 Å². The first-order chi connectivity index (χ1) is 6.25. The van der Waals surface area contributed by atoms with Crippen LogP contribution in [-0.4, -0.2) is 4.98 Å². The van der Waals surface area contributed by atoms with Gasteiger partial charge in [-0.2, -0.15) is 0 Å². The van der Waals surface area contributed by atoms with Crippen LogP contribution in [0.3, 0.4) is 0 Å². The van der Waals surface area contributed by atoms with Crippen molar-refractivity contribution in [3.8, 4) is 11.5 Å². The fraction of sp³-hybridized carbons (Fsp3) is 0. The Morgan fingerprint density at radius 1 is 1.23 bits per heavy atom. The number of aromatic nitrogens is 1. The average Bonchev–Trinajstić information content (AvgIpc) is 2.53. The molecule has 2 aromatic rings. The number of nitrogens with zero attached hydrogens (tertiary/aromatic N) is 1. The van der Waals surface area contributed by atoms with Gasteiger partial charge in [-0.3, -0.25) is 0 Å². The van der Waals surface area contributed by atoms with Gasteiger partial charge >= 0.3 is 0 Å². The third kappa shape index (κ3) is 1.92. The minimum absolute atomic E-state index is 0.304. The van der Waals surface area contributed by atoms with Crippen molar-refractivity contribution in [1.29, 1.82) is 0 Å². The first-order valence-corrected chi connectivity index (χ1v) is 4.80. The molecule has 2 nitrogen and oxygen atoms in total. The number of rotatable bonds is 1. The zero-order chi connectivity index (χ0) is 9.26. The monoisotopic (exact) mass is 257 g/mol. The van der Waals surface area contributed by atoms with Crippen molar-refractivity contribution in [3.05, 3.63) is 40.2 Å². The molecule has 0 spiro atoms. The summed E-state index contributed by atoms with van der Waals surface area (Å²) in [4.78, 5) is 4.00. The molecule has 0 saturated heterocycles. The molecule has 0 aliphatic heterocycles. The van der Waals surface area contributed by atoms with Crippen LogP contribution >= 0.6 is 27.5 Å².